The number of carbonyl (C=O) groups excluding carboxylic acids is 3. The van der Waals surface area contributed by atoms with Gasteiger partial charge >= 0.3 is 0 Å². The molecular formula is C24H29N3O6. The second-order valence-corrected chi connectivity index (χ2v) is 7.81. The van der Waals surface area contributed by atoms with Crippen molar-refractivity contribution in [3.05, 3.63) is 48.0 Å². The fourth-order valence-corrected chi connectivity index (χ4v) is 3.30. The fraction of sp³-hybridized carbons (Fsp3) is 0.375. The van der Waals surface area contributed by atoms with E-state index in [1.165, 1.54) is 12.0 Å². The van der Waals surface area contributed by atoms with Crippen molar-refractivity contribution in [2.45, 2.75) is 26.0 Å². The number of anilines is 1. The van der Waals surface area contributed by atoms with Crippen LogP contribution in [-0.4, -0.2) is 63.1 Å². The number of likely N-dealkylation sites (N-methyl/N-ethyl adjacent to an activating group) is 1. The molecule has 1 heterocycles. The Labute approximate surface area is 193 Å². The molecule has 1 unspecified atom stereocenters. The first-order valence-electron chi connectivity index (χ1n) is 10.6. The van der Waals surface area contributed by atoms with Crippen LogP contribution < -0.4 is 24.4 Å². The van der Waals surface area contributed by atoms with Gasteiger partial charge in [-0.1, -0.05) is 18.2 Å². The van der Waals surface area contributed by atoms with Crippen LogP contribution in [0.15, 0.2) is 42.5 Å². The van der Waals surface area contributed by atoms with Gasteiger partial charge in [0.15, 0.2) is 24.2 Å². The van der Waals surface area contributed by atoms with Crippen LogP contribution in [0.1, 0.15) is 18.9 Å². The Hall–Kier alpha value is -3.75. The molecule has 0 bridgehead atoms. The summed E-state index contributed by atoms with van der Waals surface area (Å²) >= 11 is 0. The summed E-state index contributed by atoms with van der Waals surface area (Å²) in [5, 5.41) is 2.86. The molecule has 1 aliphatic heterocycles. The van der Waals surface area contributed by atoms with Crippen molar-refractivity contribution in [1.29, 1.82) is 0 Å². The quantitative estimate of drug-likeness (QED) is 0.621. The van der Waals surface area contributed by atoms with E-state index in [0.29, 0.717) is 22.9 Å². The first-order valence-corrected chi connectivity index (χ1v) is 10.6. The van der Waals surface area contributed by atoms with Crippen LogP contribution in [0, 0.1) is 0 Å². The van der Waals surface area contributed by atoms with E-state index in [9.17, 15) is 14.4 Å². The lowest BCUT2D eigenvalue weighted by Crippen LogP contribution is -2.45. The van der Waals surface area contributed by atoms with Gasteiger partial charge in [0.1, 0.15) is 5.75 Å². The highest BCUT2D eigenvalue weighted by Gasteiger charge is 2.31. The Morgan fingerprint density at radius 1 is 1.15 bits per heavy atom. The molecule has 3 rings (SSSR count). The molecule has 0 fully saturated rings. The third kappa shape index (κ3) is 5.94. The van der Waals surface area contributed by atoms with Gasteiger partial charge in [-0.05, 0) is 36.8 Å². The van der Waals surface area contributed by atoms with Gasteiger partial charge in [0.05, 0.1) is 12.8 Å². The maximum absolute atomic E-state index is 12.5. The van der Waals surface area contributed by atoms with E-state index < -0.39 is 6.10 Å². The van der Waals surface area contributed by atoms with Crippen LogP contribution in [0.2, 0.25) is 0 Å². The van der Waals surface area contributed by atoms with E-state index in [4.69, 9.17) is 14.2 Å². The number of nitrogens with zero attached hydrogens (tertiary/aromatic N) is 2. The number of hydrogen-bond acceptors (Lipinski definition) is 6. The smallest absolute Gasteiger partial charge is 0.267 e. The molecule has 0 saturated carbocycles. The first kappa shape index (κ1) is 23.9. The zero-order valence-corrected chi connectivity index (χ0v) is 19.3. The summed E-state index contributed by atoms with van der Waals surface area (Å²) in [6.45, 7) is 2.14. The Balaban J connectivity index is 1.54. The van der Waals surface area contributed by atoms with Crippen molar-refractivity contribution in [3.63, 3.8) is 0 Å². The third-order valence-electron chi connectivity index (χ3n) is 5.20. The summed E-state index contributed by atoms with van der Waals surface area (Å²) in [5.41, 5.74) is 1.48. The van der Waals surface area contributed by atoms with Crippen LogP contribution >= 0.6 is 0 Å². The number of fused-ring (bicyclic) bond motifs is 1. The van der Waals surface area contributed by atoms with Crippen LogP contribution in [0.4, 0.5) is 5.69 Å². The number of para-hydroxylation sites is 2. The van der Waals surface area contributed by atoms with Gasteiger partial charge in [0, 0.05) is 33.6 Å². The average Bonchev–Trinajstić information content (AvgIpc) is 2.81. The van der Waals surface area contributed by atoms with Gasteiger partial charge in [-0.15, -0.1) is 0 Å². The number of methoxy groups -OCH3 is 1. The summed E-state index contributed by atoms with van der Waals surface area (Å²) in [6, 6.07) is 12.5. The third-order valence-corrected chi connectivity index (χ3v) is 5.20. The molecule has 0 spiro atoms. The van der Waals surface area contributed by atoms with E-state index in [1.807, 2.05) is 18.2 Å². The average molecular weight is 456 g/mol. The van der Waals surface area contributed by atoms with Crippen molar-refractivity contribution < 1.29 is 28.6 Å². The minimum absolute atomic E-state index is 0.0958. The number of nitrogens with one attached hydrogen (secondary N) is 1. The highest BCUT2D eigenvalue weighted by molar-refractivity contribution is 6.00. The normalized spacial score (nSPS) is 14.7. The number of hydrogen-bond donors (Lipinski definition) is 1. The lowest BCUT2D eigenvalue weighted by Gasteiger charge is -2.32. The second kappa shape index (κ2) is 10.7. The van der Waals surface area contributed by atoms with Crippen LogP contribution in [-0.2, 0) is 20.9 Å². The molecular weight excluding hydrogens is 426 g/mol. The van der Waals surface area contributed by atoms with E-state index in [-0.39, 0.29) is 43.8 Å². The van der Waals surface area contributed by atoms with Gasteiger partial charge in [-0.2, -0.15) is 0 Å². The molecule has 1 aliphatic rings. The summed E-state index contributed by atoms with van der Waals surface area (Å²) in [5.74, 6) is 1.03. The number of amides is 3. The van der Waals surface area contributed by atoms with Crippen LogP contribution in [0.25, 0.3) is 0 Å². The van der Waals surface area contributed by atoms with Crippen molar-refractivity contribution >= 4 is 23.4 Å². The Morgan fingerprint density at radius 3 is 2.64 bits per heavy atom. The molecule has 1 N–H and O–H groups in total. The SMILES string of the molecule is COc1cc(CNC(=O)CCN2C(=O)C(C)Oc3ccccc32)ccc1OCC(=O)N(C)C. The molecule has 3 amide bonds. The lowest BCUT2D eigenvalue weighted by atomic mass is 10.1. The van der Waals surface area contributed by atoms with Crippen molar-refractivity contribution in [2.24, 2.45) is 0 Å². The maximum Gasteiger partial charge on any atom is 0.267 e. The maximum atomic E-state index is 12.5. The number of rotatable bonds is 9. The van der Waals surface area contributed by atoms with Crippen molar-refractivity contribution in [2.75, 3.05) is 39.3 Å². The molecule has 33 heavy (non-hydrogen) atoms. The van der Waals surface area contributed by atoms with E-state index in [0.717, 1.165) is 5.56 Å². The predicted octanol–water partition coefficient (Wildman–Crippen LogP) is 1.98. The largest absolute Gasteiger partial charge is 0.493 e. The minimum Gasteiger partial charge on any atom is -0.493 e. The van der Waals surface area contributed by atoms with Gasteiger partial charge in [0.25, 0.3) is 11.8 Å². The minimum atomic E-state index is -0.593. The monoisotopic (exact) mass is 455 g/mol. The van der Waals surface area contributed by atoms with Gasteiger partial charge < -0.3 is 29.3 Å². The van der Waals surface area contributed by atoms with E-state index >= 15 is 0 Å². The van der Waals surface area contributed by atoms with Crippen molar-refractivity contribution in [1.82, 2.24) is 10.2 Å². The summed E-state index contributed by atoms with van der Waals surface area (Å²) < 4.78 is 16.5. The van der Waals surface area contributed by atoms with Gasteiger partial charge in [-0.25, -0.2) is 0 Å². The molecule has 176 valence electrons. The molecule has 0 aliphatic carbocycles. The second-order valence-electron chi connectivity index (χ2n) is 7.81. The topological polar surface area (TPSA) is 97.4 Å². The molecule has 0 saturated heterocycles. The first-order chi connectivity index (χ1) is 15.8. The Morgan fingerprint density at radius 2 is 1.91 bits per heavy atom. The van der Waals surface area contributed by atoms with Crippen LogP contribution in [0.5, 0.6) is 17.2 Å². The summed E-state index contributed by atoms with van der Waals surface area (Å²) in [4.78, 5) is 39.7. The number of ether oxygens (including phenoxy) is 3. The molecule has 2 aromatic carbocycles. The summed E-state index contributed by atoms with van der Waals surface area (Å²) in [6.07, 6.45) is -0.443. The molecule has 0 radical (unpaired) electrons. The van der Waals surface area contributed by atoms with Crippen LogP contribution in [0.3, 0.4) is 0 Å². The molecule has 0 aromatic heterocycles. The van der Waals surface area contributed by atoms with Crippen molar-refractivity contribution in [3.8, 4) is 17.2 Å². The lowest BCUT2D eigenvalue weighted by molar-refractivity contribution is -0.131. The molecule has 9 nitrogen and oxygen atoms in total. The predicted molar refractivity (Wildman–Crippen MR) is 123 cm³/mol. The molecule has 1 atom stereocenters. The van der Waals surface area contributed by atoms with E-state index in [2.05, 4.69) is 5.32 Å². The summed E-state index contributed by atoms with van der Waals surface area (Å²) in [7, 11) is 4.82. The highest BCUT2D eigenvalue weighted by atomic mass is 16.5. The number of carbonyl (C=O) groups is 3. The van der Waals surface area contributed by atoms with E-state index in [1.54, 1.807) is 50.2 Å². The van der Waals surface area contributed by atoms with Gasteiger partial charge in [-0.3, -0.25) is 14.4 Å². The standard InChI is InChI=1S/C24H29N3O6/c1-16-24(30)27(18-7-5-6-8-19(18)33-16)12-11-22(28)25-14-17-9-10-20(21(13-17)31-4)32-15-23(29)26(2)3/h5-10,13,16H,11-12,14-15H2,1-4H3,(H,25,28). The fourth-order valence-electron chi connectivity index (χ4n) is 3.30. The number of benzene rings is 2. The zero-order chi connectivity index (χ0) is 24.0. The molecule has 2 aromatic rings. The zero-order valence-electron chi connectivity index (χ0n) is 19.3. The molecule has 9 heteroatoms. The highest BCUT2D eigenvalue weighted by Crippen LogP contribution is 2.33. The van der Waals surface area contributed by atoms with Gasteiger partial charge in [0.2, 0.25) is 5.91 Å². The Kier molecular flexibility index (Phi) is 7.76. The Bertz CT molecular complexity index is 1020.